The molecule has 1 rings (SSSR count). The molecule has 0 saturated carbocycles. The van der Waals surface area contributed by atoms with E-state index >= 15 is 0 Å². The van der Waals surface area contributed by atoms with E-state index in [1.165, 1.54) is 12.1 Å². The van der Waals surface area contributed by atoms with Crippen molar-refractivity contribution in [2.75, 3.05) is 13.6 Å². The van der Waals surface area contributed by atoms with Crippen LogP contribution in [0.3, 0.4) is 0 Å². The van der Waals surface area contributed by atoms with Crippen molar-refractivity contribution in [3.8, 4) is 0 Å². The average molecular weight is 289 g/mol. The van der Waals surface area contributed by atoms with Crippen LogP contribution >= 0.6 is 15.9 Å². The molecule has 0 heterocycles. The molecular weight excluding hydrogens is 275 g/mol. The van der Waals surface area contributed by atoms with Crippen molar-refractivity contribution in [2.24, 2.45) is 0 Å². The summed E-state index contributed by atoms with van der Waals surface area (Å²) < 4.78 is 13.5. The fraction of sp³-hybridized carbons (Fsp3) is 0.364. The monoisotopic (exact) mass is 288 g/mol. The Kier molecular flexibility index (Phi) is 4.89. The topological polar surface area (TPSA) is 41.1 Å². The van der Waals surface area contributed by atoms with Gasteiger partial charge < -0.3 is 10.6 Å². The Morgan fingerprint density at radius 1 is 1.56 bits per heavy atom. The first kappa shape index (κ1) is 13.1. The van der Waals surface area contributed by atoms with Crippen molar-refractivity contribution in [3.05, 3.63) is 34.1 Å². The van der Waals surface area contributed by atoms with E-state index in [1.807, 2.05) is 14.0 Å². The van der Waals surface area contributed by atoms with Gasteiger partial charge in [0.2, 0.25) is 0 Å². The number of hydrogen-bond acceptors (Lipinski definition) is 2. The molecule has 0 aliphatic carbocycles. The van der Waals surface area contributed by atoms with Crippen LogP contribution in [0, 0.1) is 5.82 Å². The molecule has 0 aromatic heterocycles. The van der Waals surface area contributed by atoms with Crippen molar-refractivity contribution < 1.29 is 9.18 Å². The summed E-state index contributed by atoms with van der Waals surface area (Å²) in [6.07, 6.45) is 0. The highest BCUT2D eigenvalue weighted by Crippen LogP contribution is 2.16. The fourth-order valence-corrected chi connectivity index (χ4v) is 1.33. The van der Waals surface area contributed by atoms with Gasteiger partial charge in [-0.3, -0.25) is 4.79 Å². The maximum Gasteiger partial charge on any atom is 0.251 e. The lowest BCUT2D eigenvalue weighted by molar-refractivity contribution is 0.0950. The number of amides is 1. The molecule has 0 aliphatic heterocycles. The van der Waals surface area contributed by atoms with Gasteiger partial charge in [0.1, 0.15) is 5.82 Å². The molecule has 5 heteroatoms. The van der Waals surface area contributed by atoms with E-state index in [0.717, 1.165) is 0 Å². The van der Waals surface area contributed by atoms with E-state index in [9.17, 15) is 9.18 Å². The van der Waals surface area contributed by atoms with Crippen molar-refractivity contribution in [1.82, 2.24) is 10.6 Å². The number of benzene rings is 1. The molecule has 1 atom stereocenters. The zero-order valence-electron chi connectivity index (χ0n) is 9.18. The van der Waals surface area contributed by atoms with Gasteiger partial charge in [-0.05, 0) is 48.1 Å². The van der Waals surface area contributed by atoms with E-state index in [1.54, 1.807) is 6.07 Å². The lowest BCUT2D eigenvalue weighted by Crippen LogP contribution is -2.37. The van der Waals surface area contributed by atoms with Crippen LogP contribution in [0.2, 0.25) is 0 Å². The molecule has 16 heavy (non-hydrogen) atoms. The summed E-state index contributed by atoms with van der Waals surface area (Å²) in [6.45, 7) is 2.45. The molecule has 0 radical (unpaired) electrons. The van der Waals surface area contributed by atoms with Crippen LogP contribution in [0.5, 0.6) is 0 Å². The Bertz CT molecular complexity index is 384. The smallest absolute Gasteiger partial charge is 0.251 e. The molecule has 0 fully saturated rings. The van der Waals surface area contributed by atoms with Gasteiger partial charge in [0.25, 0.3) is 5.91 Å². The minimum Gasteiger partial charge on any atom is -0.350 e. The second kappa shape index (κ2) is 5.96. The highest BCUT2D eigenvalue weighted by Gasteiger charge is 2.09. The second-order valence-electron chi connectivity index (χ2n) is 3.53. The van der Waals surface area contributed by atoms with Crippen molar-refractivity contribution in [1.29, 1.82) is 0 Å². The van der Waals surface area contributed by atoms with Crippen LogP contribution < -0.4 is 10.6 Å². The van der Waals surface area contributed by atoms with Gasteiger partial charge >= 0.3 is 0 Å². The summed E-state index contributed by atoms with van der Waals surface area (Å²) >= 11 is 3.04. The van der Waals surface area contributed by atoms with Crippen LogP contribution in [0.4, 0.5) is 4.39 Å². The number of likely N-dealkylation sites (N-methyl/N-ethyl adjacent to an activating group) is 1. The molecule has 1 aromatic carbocycles. The van der Waals surface area contributed by atoms with Gasteiger partial charge in [-0.2, -0.15) is 0 Å². The maximum absolute atomic E-state index is 13.2. The average Bonchev–Trinajstić information content (AvgIpc) is 2.29. The fourth-order valence-electron chi connectivity index (χ4n) is 1.09. The standard InChI is InChI=1S/C11H14BrFN2O/c1-7(14-2)6-15-11(16)8-3-4-9(12)10(13)5-8/h3-5,7,14H,6H2,1-2H3,(H,15,16). The molecule has 1 amide bonds. The minimum atomic E-state index is -0.436. The molecule has 1 unspecified atom stereocenters. The zero-order valence-corrected chi connectivity index (χ0v) is 10.8. The van der Waals surface area contributed by atoms with E-state index in [4.69, 9.17) is 0 Å². The summed E-state index contributed by atoms with van der Waals surface area (Å²) in [5.74, 6) is -0.706. The Morgan fingerprint density at radius 2 is 2.25 bits per heavy atom. The van der Waals surface area contributed by atoms with Gasteiger partial charge in [-0.15, -0.1) is 0 Å². The molecule has 0 spiro atoms. The Labute approximate surface area is 103 Å². The lowest BCUT2D eigenvalue weighted by atomic mass is 10.2. The number of nitrogens with one attached hydrogen (secondary N) is 2. The van der Waals surface area contributed by atoms with Gasteiger partial charge in [-0.1, -0.05) is 0 Å². The van der Waals surface area contributed by atoms with Crippen LogP contribution in [-0.4, -0.2) is 25.5 Å². The first-order chi connectivity index (χ1) is 7.54. The Balaban J connectivity index is 2.63. The minimum absolute atomic E-state index is 0.184. The molecular formula is C11H14BrFN2O. The number of rotatable bonds is 4. The summed E-state index contributed by atoms with van der Waals surface area (Å²) in [5.41, 5.74) is 0.323. The maximum atomic E-state index is 13.2. The van der Waals surface area contributed by atoms with Gasteiger partial charge in [0.15, 0.2) is 0 Å². The van der Waals surface area contributed by atoms with E-state index in [0.29, 0.717) is 16.6 Å². The summed E-state index contributed by atoms with van der Waals surface area (Å²) in [4.78, 5) is 11.6. The van der Waals surface area contributed by atoms with Crippen molar-refractivity contribution in [2.45, 2.75) is 13.0 Å². The second-order valence-corrected chi connectivity index (χ2v) is 4.38. The quantitative estimate of drug-likeness (QED) is 0.889. The summed E-state index contributed by atoms with van der Waals surface area (Å²) in [5, 5.41) is 5.71. The zero-order chi connectivity index (χ0) is 12.1. The number of halogens is 2. The third-order valence-corrected chi connectivity index (χ3v) is 2.89. The lowest BCUT2D eigenvalue weighted by Gasteiger charge is -2.11. The van der Waals surface area contributed by atoms with E-state index in [-0.39, 0.29) is 11.9 Å². The predicted molar refractivity (Wildman–Crippen MR) is 65.0 cm³/mol. The third-order valence-electron chi connectivity index (χ3n) is 2.24. The SMILES string of the molecule is CNC(C)CNC(=O)c1ccc(Br)c(F)c1. The molecule has 1 aromatic rings. The van der Waals surface area contributed by atoms with Gasteiger partial charge in [-0.25, -0.2) is 4.39 Å². The Hall–Kier alpha value is -0.940. The highest BCUT2D eigenvalue weighted by atomic mass is 79.9. The van der Waals surface area contributed by atoms with Crippen molar-refractivity contribution >= 4 is 21.8 Å². The Morgan fingerprint density at radius 3 is 2.81 bits per heavy atom. The van der Waals surface area contributed by atoms with Gasteiger partial charge in [0, 0.05) is 18.2 Å². The molecule has 0 aliphatic rings. The first-order valence-electron chi connectivity index (χ1n) is 4.95. The van der Waals surface area contributed by atoms with Crippen molar-refractivity contribution in [3.63, 3.8) is 0 Å². The molecule has 88 valence electrons. The number of carbonyl (C=O) groups excluding carboxylic acids is 1. The summed E-state index contributed by atoms with van der Waals surface area (Å²) in [7, 11) is 1.82. The normalized spacial score (nSPS) is 12.2. The van der Waals surface area contributed by atoms with Crippen LogP contribution in [-0.2, 0) is 0 Å². The first-order valence-corrected chi connectivity index (χ1v) is 5.74. The molecule has 3 nitrogen and oxygen atoms in total. The number of carbonyl (C=O) groups is 1. The van der Waals surface area contributed by atoms with Crippen LogP contribution in [0.1, 0.15) is 17.3 Å². The molecule has 0 bridgehead atoms. The molecule has 2 N–H and O–H groups in total. The highest BCUT2D eigenvalue weighted by molar-refractivity contribution is 9.10. The molecule has 0 saturated heterocycles. The van der Waals surface area contributed by atoms with Crippen LogP contribution in [0.15, 0.2) is 22.7 Å². The van der Waals surface area contributed by atoms with E-state index in [2.05, 4.69) is 26.6 Å². The van der Waals surface area contributed by atoms with E-state index < -0.39 is 5.82 Å². The largest absolute Gasteiger partial charge is 0.350 e. The van der Waals surface area contributed by atoms with Crippen LogP contribution in [0.25, 0.3) is 0 Å². The summed E-state index contributed by atoms with van der Waals surface area (Å²) in [6, 6.07) is 4.49. The third kappa shape index (κ3) is 3.57. The predicted octanol–water partition coefficient (Wildman–Crippen LogP) is 1.93. The number of hydrogen-bond donors (Lipinski definition) is 2. The van der Waals surface area contributed by atoms with Gasteiger partial charge in [0.05, 0.1) is 4.47 Å².